The number of likely N-dealkylation sites (tertiary alicyclic amines) is 1. The van der Waals surface area contributed by atoms with Gasteiger partial charge in [-0.25, -0.2) is 0 Å². The number of hydrogen-bond donors (Lipinski definition) is 2. The van der Waals surface area contributed by atoms with Crippen LogP contribution in [0, 0.1) is 5.92 Å². The normalized spacial score (nSPS) is 15.7. The van der Waals surface area contributed by atoms with Crippen molar-refractivity contribution in [1.82, 2.24) is 15.5 Å². The number of carbonyl (C=O) groups is 3. The maximum Gasteiger partial charge on any atom is 0.234 e. The molecule has 1 fully saturated rings. The first-order valence-corrected chi connectivity index (χ1v) is 8.39. The smallest absolute Gasteiger partial charge is 0.234 e. The summed E-state index contributed by atoms with van der Waals surface area (Å²) in [7, 11) is 0. The van der Waals surface area contributed by atoms with Crippen molar-refractivity contribution in [3.05, 3.63) is 35.9 Å². The predicted octanol–water partition coefficient (Wildman–Crippen LogP) is 0.834. The van der Waals surface area contributed by atoms with E-state index in [4.69, 9.17) is 0 Å². The lowest BCUT2D eigenvalue weighted by atomic mass is 9.89. The molecule has 0 unspecified atom stereocenters. The highest BCUT2D eigenvalue weighted by Crippen LogP contribution is 2.21. The molecule has 1 aliphatic rings. The quantitative estimate of drug-likeness (QED) is 0.573. The van der Waals surface area contributed by atoms with E-state index in [9.17, 15) is 14.4 Å². The van der Waals surface area contributed by atoms with Crippen molar-refractivity contribution >= 4 is 17.6 Å². The summed E-state index contributed by atoms with van der Waals surface area (Å²) in [4.78, 5) is 37.1. The third-order valence-electron chi connectivity index (χ3n) is 4.21. The van der Waals surface area contributed by atoms with Gasteiger partial charge in [0.05, 0.1) is 6.54 Å². The van der Waals surface area contributed by atoms with Crippen molar-refractivity contribution in [2.24, 2.45) is 5.92 Å². The second kappa shape index (κ2) is 9.17. The number of rotatable bonds is 7. The van der Waals surface area contributed by atoms with E-state index in [1.54, 1.807) is 0 Å². The summed E-state index contributed by atoms with van der Waals surface area (Å²) in [5.41, 5.74) is 0.770. The van der Waals surface area contributed by atoms with E-state index in [1.165, 1.54) is 6.92 Å². The molecule has 6 heteroatoms. The lowest BCUT2D eigenvalue weighted by Crippen LogP contribution is -2.44. The van der Waals surface area contributed by atoms with Gasteiger partial charge in [0.25, 0.3) is 0 Å². The van der Waals surface area contributed by atoms with E-state index < -0.39 is 0 Å². The summed E-state index contributed by atoms with van der Waals surface area (Å²) in [5.74, 6) is 0.101. The minimum atomic E-state index is -0.102. The van der Waals surface area contributed by atoms with E-state index in [-0.39, 0.29) is 23.5 Å². The van der Waals surface area contributed by atoms with Crippen LogP contribution in [0.5, 0.6) is 0 Å². The Morgan fingerprint density at radius 1 is 1.04 bits per heavy atom. The lowest BCUT2D eigenvalue weighted by Gasteiger charge is -2.30. The first-order chi connectivity index (χ1) is 11.6. The third-order valence-corrected chi connectivity index (χ3v) is 4.21. The highest BCUT2D eigenvalue weighted by molar-refractivity contribution is 5.97. The standard InChI is InChI=1S/C18H25N3O3/c1-14(22)19-9-10-20-17(23)13-21-11-7-16(8-12-21)18(24)15-5-3-2-4-6-15/h2-6,16H,7-13H2,1H3,(H,19,22)(H,20,23). The zero-order valence-electron chi connectivity index (χ0n) is 14.1. The molecule has 2 amide bonds. The maximum atomic E-state index is 12.4. The number of hydrogen-bond acceptors (Lipinski definition) is 4. The van der Waals surface area contributed by atoms with Gasteiger partial charge in [-0.1, -0.05) is 30.3 Å². The van der Waals surface area contributed by atoms with Crippen LogP contribution in [0.2, 0.25) is 0 Å². The Hall–Kier alpha value is -2.21. The molecule has 0 radical (unpaired) electrons. The van der Waals surface area contributed by atoms with E-state index in [1.807, 2.05) is 30.3 Å². The molecule has 0 aromatic heterocycles. The molecule has 2 N–H and O–H groups in total. The Labute approximate surface area is 142 Å². The minimum absolute atomic E-state index is 0.0477. The molecular weight excluding hydrogens is 306 g/mol. The minimum Gasteiger partial charge on any atom is -0.355 e. The van der Waals surface area contributed by atoms with E-state index in [0.717, 1.165) is 31.5 Å². The highest BCUT2D eigenvalue weighted by Gasteiger charge is 2.26. The highest BCUT2D eigenvalue weighted by atomic mass is 16.2. The molecule has 1 aliphatic heterocycles. The van der Waals surface area contributed by atoms with Gasteiger partial charge in [0, 0.05) is 31.5 Å². The molecular formula is C18H25N3O3. The third kappa shape index (κ3) is 5.77. The second-order valence-electron chi connectivity index (χ2n) is 6.11. The van der Waals surface area contributed by atoms with Crippen LogP contribution in [-0.2, 0) is 9.59 Å². The molecule has 6 nitrogen and oxygen atoms in total. The summed E-state index contributed by atoms with van der Waals surface area (Å²) in [6.07, 6.45) is 1.57. The Morgan fingerprint density at radius 2 is 1.67 bits per heavy atom. The number of carbonyl (C=O) groups excluding carboxylic acids is 3. The molecule has 0 saturated carbocycles. The van der Waals surface area contributed by atoms with Crippen molar-refractivity contribution in [1.29, 1.82) is 0 Å². The fraction of sp³-hybridized carbons (Fsp3) is 0.500. The van der Waals surface area contributed by atoms with Crippen LogP contribution in [-0.4, -0.2) is 55.2 Å². The molecule has 2 rings (SSSR count). The first kappa shape index (κ1) is 18.1. The Morgan fingerprint density at radius 3 is 2.29 bits per heavy atom. The Kier molecular flexibility index (Phi) is 6.93. The number of amides is 2. The summed E-state index contributed by atoms with van der Waals surface area (Å²) in [6, 6.07) is 9.39. The number of Topliss-reactive ketones (excluding diaryl/α,β-unsaturated/α-hetero) is 1. The molecule has 0 spiro atoms. The first-order valence-electron chi connectivity index (χ1n) is 8.39. The lowest BCUT2D eigenvalue weighted by molar-refractivity contribution is -0.123. The Bertz CT molecular complexity index is 566. The van der Waals surface area contributed by atoms with Gasteiger partial charge >= 0.3 is 0 Å². The van der Waals surface area contributed by atoms with Crippen LogP contribution in [0.3, 0.4) is 0 Å². The van der Waals surface area contributed by atoms with Crippen molar-refractivity contribution in [2.75, 3.05) is 32.7 Å². The molecule has 24 heavy (non-hydrogen) atoms. The number of piperidine rings is 1. The summed E-state index contributed by atoms with van der Waals surface area (Å²) in [6.45, 7) is 4.16. The number of ketones is 1. The zero-order valence-corrected chi connectivity index (χ0v) is 14.1. The van der Waals surface area contributed by atoms with Crippen molar-refractivity contribution in [3.63, 3.8) is 0 Å². The fourth-order valence-corrected chi connectivity index (χ4v) is 2.89. The average molecular weight is 331 g/mol. The van der Waals surface area contributed by atoms with Crippen molar-refractivity contribution < 1.29 is 14.4 Å². The zero-order chi connectivity index (χ0) is 17.4. The van der Waals surface area contributed by atoms with Gasteiger partial charge in [0.1, 0.15) is 0 Å². The van der Waals surface area contributed by atoms with Crippen LogP contribution in [0.4, 0.5) is 0 Å². The molecule has 1 aromatic carbocycles. The van der Waals surface area contributed by atoms with E-state index in [0.29, 0.717) is 19.6 Å². The predicted molar refractivity (Wildman–Crippen MR) is 91.6 cm³/mol. The van der Waals surface area contributed by atoms with E-state index in [2.05, 4.69) is 15.5 Å². The van der Waals surface area contributed by atoms with Crippen LogP contribution < -0.4 is 10.6 Å². The van der Waals surface area contributed by atoms with Gasteiger partial charge in [-0.05, 0) is 25.9 Å². The van der Waals surface area contributed by atoms with Gasteiger partial charge < -0.3 is 10.6 Å². The maximum absolute atomic E-state index is 12.4. The molecule has 1 heterocycles. The summed E-state index contributed by atoms with van der Waals surface area (Å²) in [5, 5.41) is 5.42. The average Bonchev–Trinajstić information content (AvgIpc) is 2.59. The van der Waals surface area contributed by atoms with Crippen LogP contribution in [0.1, 0.15) is 30.1 Å². The molecule has 1 saturated heterocycles. The summed E-state index contributed by atoms with van der Waals surface area (Å²) < 4.78 is 0. The molecule has 0 atom stereocenters. The number of nitrogens with zero attached hydrogens (tertiary/aromatic N) is 1. The second-order valence-corrected chi connectivity index (χ2v) is 6.11. The molecule has 0 aliphatic carbocycles. The largest absolute Gasteiger partial charge is 0.355 e. The van der Waals surface area contributed by atoms with E-state index >= 15 is 0 Å². The van der Waals surface area contributed by atoms with Crippen LogP contribution in [0.15, 0.2) is 30.3 Å². The van der Waals surface area contributed by atoms with Crippen LogP contribution in [0.25, 0.3) is 0 Å². The van der Waals surface area contributed by atoms with Gasteiger partial charge in [0.15, 0.2) is 5.78 Å². The van der Waals surface area contributed by atoms with Gasteiger partial charge in [0.2, 0.25) is 11.8 Å². The van der Waals surface area contributed by atoms with Crippen LogP contribution >= 0.6 is 0 Å². The fourth-order valence-electron chi connectivity index (χ4n) is 2.89. The molecule has 130 valence electrons. The van der Waals surface area contributed by atoms with Crippen molar-refractivity contribution in [2.45, 2.75) is 19.8 Å². The topological polar surface area (TPSA) is 78.5 Å². The molecule has 0 bridgehead atoms. The van der Waals surface area contributed by atoms with Gasteiger partial charge in [-0.15, -0.1) is 0 Å². The van der Waals surface area contributed by atoms with Crippen molar-refractivity contribution in [3.8, 4) is 0 Å². The number of benzene rings is 1. The Balaban J connectivity index is 1.68. The monoisotopic (exact) mass is 331 g/mol. The molecule has 1 aromatic rings. The number of nitrogens with one attached hydrogen (secondary N) is 2. The summed E-state index contributed by atoms with van der Waals surface area (Å²) >= 11 is 0. The van der Waals surface area contributed by atoms with Gasteiger partial charge in [-0.2, -0.15) is 0 Å². The van der Waals surface area contributed by atoms with Gasteiger partial charge in [-0.3, -0.25) is 19.3 Å². The SMILES string of the molecule is CC(=O)NCCNC(=O)CN1CCC(C(=O)c2ccccc2)CC1.